The fourth-order valence-corrected chi connectivity index (χ4v) is 2.20. The van der Waals surface area contributed by atoms with Crippen molar-refractivity contribution in [1.29, 1.82) is 0 Å². The largest absolute Gasteiger partial charge is 0.495 e. The molecule has 6 heteroatoms. The van der Waals surface area contributed by atoms with Crippen molar-refractivity contribution in [3.63, 3.8) is 0 Å². The molecule has 0 saturated carbocycles. The molecule has 2 aromatic carbocycles. The Morgan fingerprint density at radius 2 is 1.70 bits per heavy atom. The number of anilines is 1. The molecule has 20 heavy (non-hydrogen) atoms. The summed E-state index contributed by atoms with van der Waals surface area (Å²) in [7, 11) is 2.83. The molecule has 2 rings (SSSR count). The van der Waals surface area contributed by atoms with Gasteiger partial charge in [-0.1, -0.05) is 11.6 Å². The monoisotopic (exact) mass is 299 g/mol. The molecule has 0 amide bonds. The van der Waals surface area contributed by atoms with Crippen molar-refractivity contribution in [2.75, 3.05) is 20.0 Å². The normalized spacial score (nSPS) is 10.4. The third-order valence-electron chi connectivity index (χ3n) is 2.86. The fourth-order valence-electron chi connectivity index (χ4n) is 1.88. The zero-order valence-corrected chi connectivity index (χ0v) is 11.6. The standard InChI is InChI=1S/C14H12ClF2NO2/c1-19-12-4-3-7(14(20-2)13(12)15)8-5-10(17)11(18)6-9(8)16/h3-6H,18H2,1-2H3. The van der Waals surface area contributed by atoms with E-state index in [4.69, 9.17) is 26.8 Å². The number of hydrogen-bond donors (Lipinski definition) is 1. The van der Waals surface area contributed by atoms with Crippen LogP contribution in [0.3, 0.4) is 0 Å². The molecule has 0 fully saturated rings. The van der Waals surface area contributed by atoms with Gasteiger partial charge < -0.3 is 15.2 Å². The highest BCUT2D eigenvalue weighted by Gasteiger charge is 2.18. The number of nitrogen functional groups attached to an aromatic ring is 1. The van der Waals surface area contributed by atoms with Crippen molar-refractivity contribution >= 4 is 17.3 Å². The van der Waals surface area contributed by atoms with E-state index in [9.17, 15) is 8.78 Å². The molecule has 0 atom stereocenters. The molecule has 2 aromatic rings. The van der Waals surface area contributed by atoms with Crippen LogP contribution in [-0.4, -0.2) is 14.2 Å². The van der Waals surface area contributed by atoms with Gasteiger partial charge in [0, 0.05) is 17.2 Å². The van der Waals surface area contributed by atoms with Crippen LogP contribution < -0.4 is 15.2 Å². The minimum atomic E-state index is -0.713. The summed E-state index contributed by atoms with van der Waals surface area (Å²) in [6.45, 7) is 0. The van der Waals surface area contributed by atoms with E-state index in [1.54, 1.807) is 6.07 Å². The summed E-state index contributed by atoms with van der Waals surface area (Å²) < 4.78 is 37.7. The van der Waals surface area contributed by atoms with Gasteiger partial charge in [0.2, 0.25) is 0 Å². The van der Waals surface area contributed by atoms with E-state index in [-0.39, 0.29) is 22.0 Å². The number of rotatable bonds is 3. The SMILES string of the molecule is COc1ccc(-c2cc(F)c(N)cc2F)c(OC)c1Cl. The fraction of sp³-hybridized carbons (Fsp3) is 0.143. The molecule has 106 valence electrons. The number of benzene rings is 2. The third kappa shape index (κ3) is 2.36. The Hall–Kier alpha value is -2.01. The van der Waals surface area contributed by atoms with E-state index in [0.29, 0.717) is 11.3 Å². The number of methoxy groups -OCH3 is 2. The van der Waals surface area contributed by atoms with Gasteiger partial charge in [-0.2, -0.15) is 0 Å². The van der Waals surface area contributed by atoms with Gasteiger partial charge in [-0.25, -0.2) is 8.78 Å². The predicted octanol–water partition coefficient (Wildman–Crippen LogP) is 3.88. The highest BCUT2D eigenvalue weighted by molar-refractivity contribution is 6.34. The van der Waals surface area contributed by atoms with Crippen LogP contribution in [0.25, 0.3) is 11.1 Å². The maximum atomic E-state index is 14.0. The Morgan fingerprint density at radius 1 is 1.00 bits per heavy atom. The molecule has 0 aliphatic heterocycles. The lowest BCUT2D eigenvalue weighted by Gasteiger charge is -2.14. The zero-order valence-electron chi connectivity index (χ0n) is 10.8. The Morgan fingerprint density at radius 3 is 2.30 bits per heavy atom. The van der Waals surface area contributed by atoms with Crippen LogP contribution in [-0.2, 0) is 0 Å². The number of nitrogens with two attached hydrogens (primary N) is 1. The second kappa shape index (κ2) is 5.54. The number of hydrogen-bond acceptors (Lipinski definition) is 3. The van der Waals surface area contributed by atoms with Crippen LogP contribution in [0.15, 0.2) is 24.3 Å². The van der Waals surface area contributed by atoms with Crippen molar-refractivity contribution in [3.05, 3.63) is 40.9 Å². The van der Waals surface area contributed by atoms with Gasteiger partial charge in [0.1, 0.15) is 28.2 Å². The van der Waals surface area contributed by atoms with Crippen LogP contribution >= 0.6 is 11.6 Å². The van der Waals surface area contributed by atoms with Crippen molar-refractivity contribution in [3.8, 4) is 22.6 Å². The summed E-state index contributed by atoms with van der Waals surface area (Å²) in [4.78, 5) is 0. The Bertz CT molecular complexity index is 662. The highest BCUT2D eigenvalue weighted by Crippen LogP contribution is 2.42. The molecule has 0 bridgehead atoms. The lowest BCUT2D eigenvalue weighted by molar-refractivity contribution is 0.395. The van der Waals surface area contributed by atoms with Crippen molar-refractivity contribution in [2.45, 2.75) is 0 Å². The van der Waals surface area contributed by atoms with Gasteiger partial charge in [-0.15, -0.1) is 0 Å². The average molecular weight is 300 g/mol. The summed E-state index contributed by atoms with van der Waals surface area (Å²) >= 11 is 6.10. The molecule has 2 N–H and O–H groups in total. The first-order chi connectivity index (χ1) is 9.49. The Kier molecular flexibility index (Phi) is 3.99. The molecule has 0 saturated heterocycles. The summed E-state index contributed by atoms with van der Waals surface area (Å²) in [5, 5.41) is 0.184. The van der Waals surface area contributed by atoms with Gasteiger partial charge in [0.25, 0.3) is 0 Å². The van der Waals surface area contributed by atoms with Crippen LogP contribution in [0.4, 0.5) is 14.5 Å². The van der Waals surface area contributed by atoms with Gasteiger partial charge in [-0.05, 0) is 18.2 Å². The van der Waals surface area contributed by atoms with Gasteiger partial charge in [0.15, 0.2) is 0 Å². The van der Waals surface area contributed by atoms with E-state index in [1.165, 1.54) is 20.3 Å². The van der Waals surface area contributed by atoms with E-state index in [0.717, 1.165) is 12.1 Å². The lowest BCUT2D eigenvalue weighted by Crippen LogP contribution is -1.97. The Labute approximate surface area is 119 Å². The van der Waals surface area contributed by atoms with Crippen LogP contribution in [0.1, 0.15) is 0 Å². The van der Waals surface area contributed by atoms with Crippen LogP contribution in [0, 0.1) is 11.6 Å². The predicted molar refractivity (Wildman–Crippen MR) is 74.3 cm³/mol. The van der Waals surface area contributed by atoms with E-state index in [2.05, 4.69) is 0 Å². The molecule has 0 spiro atoms. The van der Waals surface area contributed by atoms with Crippen molar-refractivity contribution in [2.24, 2.45) is 0 Å². The molecule has 0 aliphatic rings. The van der Waals surface area contributed by atoms with Gasteiger partial charge in [-0.3, -0.25) is 0 Å². The average Bonchev–Trinajstić information content (AvgIpc) is 2.42. The molecular formula is C14H12ClF2NO2. The number of ether oxygens (including phenoxy) is 2. The number of halogens is 3. The van der Waals surface area contributed by atoms with E-state index < -0.39 is 11.6 Å². The van der Waals surface area contributed by atoms with Gasteiger partial charge >= 0.3 is 0 Å². The first-order valence-corrected chi connectivity index (χ1v) is 6.02. The lowest BCUT2D eigenvalue weighted by atomic mass is 10.0. The highest BCUT2D eigenvalue weighted by atomic mass is 35.5. The minimum absolute atomic E-state index is 0.0121. The molecule has 3 nitrogen and oxygen atoms in total. The van der Waals surface area contributed by atoms with E-state index in [1.807, 2.05) is 0 Å². The first kappa shape index (κ1) is 14.4. The second-order valence-electron chi connectivity index (χ2n) is 4.02. The van der Waals surface area contributed by atoms with Gasteiger partial charge in [0.05, 0.1) is 19.9 Å². The Balaban J connectivity index is 2.70. The van der Waals surface area contributed by atoms with E-state index >= 15 is 0 Å². The molecule has 0 aliphatic carbocycles. The molecular weight excluding hydrogens is 288 g/mol. The third-order valence-corrected chi connectivity index (χ3v) is 3.22. The van der Waals surface area contributed by atoms with Crippen molar-refractivity contribution < 1.29 is 18.3 Å². The molecule has 0 unspecified atom stereocenters. The maximum Gasteiger partial charge on any atom is 0.149 e. The minimum Gasteiger partial charge on any atom is -0.495 e. The maximum absolute atomic E-state index is 14.0. The van der Waals surface area contributed by atoms with Crippen LogP contribution in [0.5, 0.6) is 11.5 Å². The summed E-state index contributed by atoms with van der Waals surface area (Å²) in [5.41, 5.74) is 5.39. The molecule has 0 aromatic heterocycles. The molecule has 0 radical (unpaired) electrons. The summed E-state index contributed by atoms with van der Waals surface area (Å²) in [6, 6.07) is 5.01. The smallest absolute Gasteiger partial charge is 0.149 e. The topological polar surface area (TPSA) is 44.5 Å². The second-order valence-corrected chi connectivity index (χ2v) is 4.39. The molecule has 0 heterocycles. The first-order valence-electron chi connectivity index (χ1n) is 5.65. The zero-order chi connectivity index (χ0) is 14.9. The summed E-state index contributed by atoms with van der Waals surface area (Å²) in [5.74, 6) is -0.795. The van der Waals surface area contributed by atoms with Crippen LogP contribution in [0.2, 0.25) is 5.02 Å². The quantitative estimate of drug-likeness (QED) is 0.875. The summed E-state index contributed by atoms with van der Waals surface area (Å²) in [6.07, 6.45) is 0. The van der Waals surface area contributed by atoms with Crippen molar-refractivity contribution in [1.82, 2.24) is 0 Å².